The number of hydroxylamine groups is 1. The normalized spacial score (nSPS) is 18.1. The Kier molecular flexibility index (Phi) is 5.45. The van der Waals surface area contributed by atoms with Crippen molar-refractivity contribution in [1.82, 2.24) is 4.57 Å². The minimum Gasteiger partial charge on any atom is -0.466 e. The summed E-state index contributed by atoms with van der Waals surface area (Å²) in [6.07, 6.45) is 0. The van der Waals surface area contributed by atoms with E-state index in [9.17, 15) is 19.2 Å². The number of hydrogen-bond acceptors (Lipinski definition) is 8. The summed E-state index contributed by atoms with van der Waals surface area (Å²) in [6.45, 7) is 2.87. The average Bonchev–Trinajstić information content (AvgIpc) is 3.31. The Hall–Kier alpha value is -4.31. The summed E-state index contributed by atoms with van der Waals surface area (Å²) in [5, 5.41) is 0.894. The molecule has 1 amide bonds. The average molecular weight is 490 g/mol. The van der Waals surface area contributed by atoms with Crippen LogP contribution in [0.5, 0.6) is 0 Å². The van der Waals surface area contributed by atoms with Gasteiger partial charge in [-0.15, -0.1) is 5.06 Å². The van der Waals surface area contributed by atoms with Crippen LogP contribution in [-0.2, 0) is 24.0 Å². The van der Waals surface area contributed by atoms with E-state index in [1.165, 1.54) is 18.6 Å². The summed E-state index contributed by atoms with van der Waals surface area (Å²) < 4.78 is 6.55. The van der Waals surface area contributed by atoms with Crippen LogP contribution in [0.3, 0.4) is 0 Å². The van der Waals surface area contributed by atoms with Crippen molar-refractivity contribution < 1.29 is 24.0 Å². The predicted octanol–water partition coefficient (Wildman–Crippen LogP) is 1.60. The Balaban J connectivity index is 1.82. The molecule has 9 nitrogen and oxygen atoms in total. The molecule has 0 saturated heterocycles. The van der Waals surface area contributed by atoms with Gasteiger partial charge in [-0.05, 0) is 18.6 Å². The number of carbonyl (C=O) groups excluding carboxylic acids is 3. The van der Waals surface area contributed by atoms with Gasteiger partial charge in [0.1, 0.15) is 4.53 Å². The van der Waals surface area contributed by atoms with Crippen LogP contribution in [0.25, 0.3) is 5.57 Å². The van der Waals surface area contributed by atoms with E-state index >= 15 is 0 Å². The second-order valence-corrected chi connectivity index (χ2v) is 8.86. The molecule has 0 fully saturated rings. The lowest BCUT2D eigenvalue weighted by atomic mass is 9.96. The van der Waals surface area contributed by atoms with Gasteiger partial charge in [-0.25, -0.2) is 14.6 Å². The zero-order chi connectivity index (χ0) is 24.9. The Morgan fingerprint density at radius 1 is 1.03 bits per heavy atom. The standard InChI is InChI=1S/C25H19N3O6S/c1-13-18(24(32)33-3)20(15-9-5-4-6-10-15)27-23(31)21(35-25(27)26-13)19-16-11-7-8-12-17(16)28(22(19)30)34-14(2)29/h4-12,20H,1-3H3/b21-19-/t20-/m0/s1. The maximum atomic E-state index is 13.9. The molecular formula is C25H19N3O6S. The van der Waals surface area contributed by atoms with Gasteiger partial charge in [0, 0.05) is 12.5 Å². The molecule has 5 rings (SSSR count). The second kappa shape index (κ2) is 8.48. The van der Waals surface area contributed by atoms with Crippen molar-refractivity contribution in [2.24, 2.45) is 4.99 Å². The van der Waals surface area contributed by atoms with E-state index in [1.54, 1.807) is 31.2 Å². The molecule has 0 unspecified atom stereocenters. The van der Waals surface area contributed by atoms with Crippen LogP contribution in [0.4, 0.5) is 5.69 Å². The molecule has 2 aliphatic rings. The third kappa shape index (κ3) is 3.50. The third-order valence-electron chi connectivity index (χ3n) is 5.76. The number of aromatic nitrogens is 1. The second-order valence-electron chi connectivity index (χ2n) is 7.88. The largest absolute Gasteiger partial charge is 0.466 e. The molecule has 10 heteroatoms. The van der Waals surface area contributed by atoms with E-state index in [0.29, 0.717) is 27.3 Å². The van der Waals surface area contributed by atoms with Gasteiger partial charge in [0.05, 0.1) is 35.7 Å². The monoisotopic (exact) mass is 489 g/mol. The van der Waals surface area contributed by atoms with Crippen molar-refractivity contribution in [3.8, 4) is 0 Å². The minimum atomic E-state index is -0.787. The van der Waals surface area contributed by atoms with E-state index in [2.05, 4.69) is 4.99 Å². The number of allylic oxidation sites excluding steroid dienone is 1. The van der Waals surface area contributed by atoms with Crippen molar-refractivity contribution in [2.45, 2.75) is 19.9 Å². The number of carbonyl (C=O) groups is 3. The fourth-order valence-corrected chi connectivity index (χ4v) is 5.46. The van der Waals surface area contributed by atoms with Crippen molar-refractivity contribution in [3.63, 3.8) is 0 Å². The Morgan fingerprint density at radius 3 is 2.40 bits per heavy atom. The van der Waals surface area contributed by atoms with Gasteiger partial charge in [-0.3, -0.25) is 14.2 Å². The molecular weight excluding hydrogens is 470 g/mol. The molecule has 35 heavy (non-hydrogen) atoms. The molecule has 1 aromatic heterocycles. The minimum absolute atomic E-state index is 0.109. The molecule has 3 aromatic rings. The van der Waals surface area contributed by atoms with Crippen molar-refractivity contribution in [3.05, 3.63) is 96.7 Å². The lowest BCUT2D eigenvalue weighted by Crippen LogP contribution is -2.41. The van der Waals surface area contributed by atoms with E-state index < -0.39 is 29.4 Å². The summed E-state index contributed by atoms with van der Waals surface area (Å²) in [7, 11) is 1.27. The molecule has 1 atom stereocenters. The van der Waals surface area contributed by atoms with Crippen LogP contribution in [0, 0.1) is 0 Å². The molecule has 0 aliphatic carbocycles. The lowest BCUT2D eigenvalue weighted by Gasteiger charge is -2.24. The first kappa shape index (κ1) is 22.5. The highest BCUT2D eigenvalue weighted by Gasteiger charge is 2.38. The number of nitrogens with zero attached hydrogens (tertiary/aromatic N) is 3. The number of esters is 1. The molecule has 0 N–H and O–H groups in total. The number of para-hydroxylation sites is 1. The Bertz CT molecular complexity index is 1620. The summed E-state index contributed by atoms with van der Waals surface area (Å²) in [5.74, 6) is -1.90. The highest BCUT2D eigenvalue weighted by Crippen LogP contribution is 2.35. The first-order valence-corrected chi connectivity index (χ1v) is 11.5. The van der Waals surface area contributed by atoms with E-state index in [4.69, 9.17) is 9.57 Å². The zero-order valence-corrected chi connectivity index (χ0v) is 19.8. The highest BCUT2D eigenvalue weighted by molar-refractivity contribution is 7.07. The number of methoxy groups -OCH3 is 1. The topological polar surface area (TPSA) is 107 Å². The zero-order valence-electron chi connectivity index (χ0n) is 19.0. The Labute approximate surface area is 202 Å². The first-order valence-electron chi connectivity index (χ1n) is 10.6. The number of hydrogen-bond donors (Lipinski definition) is 0. The van der Waals surface area contributed by atoms with Crippen molar-refractivity contribution in [1.29, 1.82) is 0 Å². The maximum absolute atomic E-state index is 13.9. The van der Waals surface area contributed by atoms with Crippen LogP contribution in [-0.4, -0.2) is 29.5 Å². The van der Waals surface area contributed by atoms with Gasteiger partial charge < -0.3 is 9.57 Å². The lowest BCUT2D eigenvalue weighted by molar-refractivity contribution is -0.146. The highest BCUT2D eigenvalue weighted by atomic mass is 32.1. The number of rotatable bonds is 3. The number of thiazole rings is 1. The van der Waals surface area contributed by atoms with Crippen LogP contribution >= 0.6 is 11.3 Å². The third-order valence-corrected chi connectivity index (χ3v) is 6.81. The molecule has 0 radical (unpaired) electrons. The van der Waals surface area contributed by atoms with Crippen LogP contribution < -0.4 is 20.0 Å². The molecule has 2 aliphatic heterocycles. The number of fused-ring (bicyclic) bond motifs is 2. The number of benzene rings is 2. The molecule has 0 saturated carbocycles. The number of amides is 1. The Morgan fingerprint density at radius 2 is 1.71 bits per heavy atom. The number of ether oxygens (including phenoxy) is 1. The first-order chi connectivity index (χ1) is 16.8. The molecule has 3 heterocycles. The number of anilines is 1. The molecule has 0 bridgehead atoms. The van der Waals surface area contributed by atoms with Crippen LogP contribution in [0.1, 0.15) is 31.0 Å². The van der Waals surface area contributed by atoms with E-state index in [0.717, 1.165) is 16.4 Å². The summed E-state index contributed by atoms with van der Waals surface area (Å²) >= 11 is 1.04. The van der Waals surface area contributed by atoms with Gasteiger partial charge >= 0.3 is 11.9 Å². The summed E-state index contributed by atoms with van der Waals surface area (Å²) in [6, 6.07) is 15.0. The van der Waals surface area contributed by atoms with Gasteiger partial charge in [0.2, 0.25) is 0 Å². The van der Waals surface area contributed by atoms with Crippen LogP contribution in [0.2, 0.25) is 0 Å². The van der Waals surface area contributed by atoms with Gasteiger partial charge in [0.25, 0.3) is 11.5 Å². The SMILES string of the molecule is COC(=O)C1=C(C)N=c2s/c(=C3\C(=O)N(OC(C)=O)c4ccccc43)c(=O)n2[C@H]1c1ccccc1. The maximum Gasteiger partial charge on any atom is 0.338 e. The van der Waals surface area contributed by atoms with Crippen molar-refractivity contribution in [2.75, 3.05) is 12.2 Å². The van der Waals surface area contributed by atoms with Gasteiger partial charge in [0.15, 0.2) is 4.80 Å². The van der Waals surface area contributed by atoms with E-state index in [-0.39, 0.29) is 15.7 Å². The molecule has 176 valence electrons. The van der Waals surface area contributed by atoms with Gasteiger partial charge in [-0.1, -0.05) is 59.9 Å². The van der Waals surface area contributed by atoms with Crippen molar-refractivity contribution >= 4 is 40.4 Å². The fourth-order valence-electron chi connectivity index (χ4n) is 4.32. The quantitative estimate of drug-likeness (QED) is 0.518. The predicted molar refractivity (Wildman–Crippen MR) is 127 cm³/mol. The summed E-state index contributed by atoms with van der Waals surface area (Å²) in [4.78, 5) is 61.6. The van der Waals surface area contributed by atoms with Crippen LogP contribution in [0.15, 0.2) is 75.7 Å². The smallest absolute Gasteiger partial charge is 0.338 e. The molecule has 0 spiro atoms. The molecule has 2 aromatic carbocycles. The van der Waals surface area contributed by atoms with E-state index in [1.807, 2.05) is 30.3 Å². The fraction of sp³-hybridized carbons (Fsp3) is 0.160. The van der Waals surface area contributed by atoms with Gasteiger partial charge in [-0.2, -0.15) is 0 Å². The summed E-state index contributed by atoms with van der Waals surface area (Å²) in [5.41, 5.74) is 1.80.